The van der Waals surface area contributed by atoms with Gasteiger partial charge in [-0.25, -0.2) is 0 Å². The topological polar surface area (TPSA) is 89.6 Å². The second-order valence-electron chi connectivity index (χ2n) is 6.39. The molecule has 1 unspecified atom stereocenters. The van der Waals surface area contributed by atoms with Crippen molar-refractivity contribution in [2.24, 2.45) is 10.4 Å². The maximum Gasteiger partial charge on any atom is 0.270 e. The Morgan fingerprint density at radius 3 is 2.67 bits per heavy atom. The quantitative estimate of drug-likeness (QED) is 0.327. The highest BCUT2D eigenvalue weighted by Crippen LogP contribution is 2.40. The fourth-order valence-electron chi connectivity index (χ4n) is 3.43. The lowest BCUT2D eigenvalue weighted by Gasteiger charge is -2.34. The molecule has 3 rings (SSSR count). The van der Waals surface area contributed by atoms with Crippen molar-refractivity contribution in [3.63, 3.8) is 0 Å². The van der Waals surface area contributed by atoms with Gasteiger partial charge in [-0.05, 0) is 31.1 Å². The standard InChI is InChI=1S/C20H17ClN2O4/c21-16-13-14(23(26)27)9-10-15(16)19(25)20(11-5-4-8-18(20)24)17-7-3-1-2-6-12-22-17/h1-3,6-7,9-10,12-13H,4-5,8,11H2. The monoisotopic (exact) mass is 384 g/mol. The normalized spacial score (nSPS) is 22.1. The van der Waals surface area contributed by atoms with E-state index in [0.29, 0.717) is 25.0 Å². The number of rotatable bonds is 4. The van der Waals surface area contributed by atoms with Gasteiger partial charge in [0.15, 0.2) is 11.6 Å². The van der Waals surface area contributed by atoms with E-state index in [1.807, 2.05) is 0 Å². The summed E-state index contributed by atoms with van der Waals surface area (Å²) >= 11 is 6.17. The summed E-state index contributed by atoms with van der Waals surface area (Å²) in [5, 5.41) is 10.9. The average Bonchev–Trinajstić information content (AvgIpc) is 2.62. The number of carbonyl (C=O) groups excluding carboxylic acids is 2. The number of nitro groups is 1. The van der Waals surface area contributed by atoms with E-state index < -0.39 is 16.1 Å². The number of hydrogen-bond acceptors (Lipinski definition) is 5. The SMILES string of the molecule is O=C1CCCCC1(C(=O)c1ccc([N+](=O)[O-])cc1Cl)C1=NC=CC=CC=C1. The van der Waals surface area contributed by atoms with Gasteiger partial charge in [-0.3, -0.25) is 24.7 Å². The molecule has 27 heavy (non-hydrogen) atoms. The molecule has 0 aromatic heterocycles. The van der Waals surface area contributed by atoms with Crippen LogP contribution in [0.3, 0.4) is 0 Å². The lowest BCUT2D eigenvalue weighted by Crippen LogP contribution is -2.47. The fraction of sp³-hybridized carbons (Fsp3) is 0.250. The Morgan fingerprint density at radius 1 is 1.19 bits per heavy atom. The van der Waals surface area contributed by atoms with Crippen molar-refractivity contribution in [2.45, 2.75) is 25.7 Å². The van der Waals surface area contributed by atoms with E-state index >= 15 is 0 Å². The molecular formula is C20H17ClN2O4. The van der Waals surface area contributed by atoms with Gasteiger partial charge in [0.05, 0.1) is 15.7 Å². The third-order valence-electron chi connectivity index (χ3n) is 4.80. The molecule has 0 N–H and O–H groups in total. The molecule has 1 aliphatic carbocycles. The van der Waals surface area contributed by atoms with Crippen molar-refractivity contribution in [1.82, 2.24) is 0 Å². The van der Waals surface area contributed by atoms with E-state index in [1.165, 1.54) is 12.1 Å². The van der Waals surface area contributed by atoms with Crippen LogP contribution in [0.15, 0.2) is 59.8 Å². The van der Waals surface area contributed by atoms with Gasteiger partial charge in [0, 0.05) is 30.3 Å². The number of non-ortho nitro benzene ring substituents is 1. The molecule has 1 heterocycles. The van der Waals surface area contributed by atoms with E-state index in [4.69, 9.17) is 11.6 Å². The second kappa shape index (κ2) is 7.80. The van der Waals surface area contributed by atoms with Crippen LogP contribution in [0.25, 0.3) is 0 Å². The Labute approximate surface area is 161 Å². The number of ketones is 2. The van der Waals surface area contributed by atoms with Gasteiger partial charge < -0.3 is 0 Å². The number of nitro benzene ring substituents is 1. The summed E-state index contributed by atoms with van der Waals surface area (Å²) in [7, 11) is 0. The Hall–Kier alpha value is -2.86. The van der Waals surface area contributed by atoms with Crippen LogP contribution >= 0.6 is 11.6 Å². The van der Waals surface area contributed by atoms with Crippen molar-refractivity contribution in [1.29, 1.82) is 0 Å². The molecule has 2 aliphatic rings. The number of nitrogens with zero attached hydrogens (tertiary/aromatic N) is 2. The van der Waals surface area contributed by atoms with Gasteiger partial charge in [0.25, 0.3) is 5.69 Å². The third kappa shape index (κ3) is 3.53. The number of Topliss-reactive ketones (excluding diaryl/α,β-unsaturated/α-hetero) is 2. The Kier molecular flexibility index (Phi) is 5.46. The first kappa shape index (κ1) is 18.9. The molecule has 6 nitrogen and oxygen atoms in total. The van der Waals surface area contributed by atoms with Crippen molar-refractivity contribution < 1.29 is 14.5 Å². The molecule has 1 fully saturated rings. The number of benzene rings is 1. The molecule has 0 radical (unpaired) electrons. The maximum absolute atomic E-state index is 13.5. The minimum Gasteiger partial charge on any atom is -0.298 e. The average molecular weight is 385 g/mol. The van der Waals surface area contributed by atoms with Crippen molar-refractivity contribution in [3.05, 3.63) is 75.5 Å². The van der Waals surface area contributed by atoms with Gasteiger partial charge >= 0.3 is 0 Å². The van der Waals surface area contributed by atoms with Crippen LogP contribution in [0, 0.1) is 15.5 Å². The first-order valence-corrected chi connectivity index (χ1v) is 8.95. The van der Waals surface area contributed by atoms with Crippen molar-refractivity contribution in [2.75, 3.05) is 0 Å². The third-order valence-corrected chi connectivity index (χ3v) is 5.11. The molecule has 138 valence electrons. The molecule has 0 amide bonds. The zero-order valence-electron chi connectivity index (χ0n) is 14.4. The van der Waals surface area contributed by atoms with Crippen LogP contribution in [0.4, 0.5) is 5.69 Å². The van der Waals surface area contributed by atoms with Crippen molar-refractivity contribution >= 4 is 34.6 Å². The molecule has 1 aromatic rings. The lowest BCUT2D eigenvalue weighted by molar-refractivity contribution is -0.384. The zero-order chi connectivity index (χ0) is 19.4. The predicted octanol–water partition coefficient (Wildman–Crippen LogP) is 4.64. The van der Waals surface area contributed by atoms with Gasteiger partial charge in [-0.1, -0.05) is 36.2 Å². The molecule has 1 aliphatic heterocycles. The molecule has 1 saturated carbocycles. The molecule has 0 saturated heterocycles. The number of halogens is 1. The predicted molar refractivity (Wildman–Crippen MR) is 103 cm³/mol. The minimum absolute atomic E-state index is 0.0437. The van der Waals surface area contributed by atoms with Crippen LogP contribution in [0.5, 0.6) is 0 Å². The molecule has 7 heteroatoms. The molecular weight excluding hydrogens is 368 g/mol. The van der Waals surface area contributed by atoms with Crippen LogP contribution in [0.1, 0.15) is 36.0 Å². The summed E-state index contributed by atoms with van der Waals surface area (Å²) in [6.07, 6.45) is 12.3. The van der Waals surface area contributed by atoms with Gasteiger partial charge in [-0.15, -0.1) is 0 Å². The largest absolute Gasteiger partial charge is 0.298 e. The van der Waals surface area contributed by atoms with Gasteiger partial charge in [0.1, 0.15) is 5.41 Å². The molecule has 1 aromatic carbocycles. The van der Waals surface area contributed by atoms with Crippen LogP contribution in [-0.2, 0) is 4.79 Å². The van der Waals surface area contributed by atoms with Crippen LogP contribution < -0.4 is 0 Å². The highest BCUT2D eigenvalue weighted by Gasteiger charge is 2.50. The Balaban J connectivity index is 2.13. The number of carbonyl (C=O) groups is 2. The minimum atomic E-state index is -1.43. The van der Waals surface area contributed by atoms with Gasteiger partial charge in [0.2, 0.25) is 0 Å². The van der Waals surface area contributed by atoms with E-state index in [2.05, 4.69) is 4.99 Å². The number of hydrogen-bond donors (Lipinski definition) is 0. The second-order valence-corrected chi connectivity index (χ2v) is 6.79. The Morgan fingerprint density at radius 2 is 1.96 bits per heavy atom. The summed E-state index contributed by atoms with van der Waals surface area (Å²) < 4.78 is 0. The smallest absolute Gasteiger partial charge is 0.270 e. The summed E-state index contributed by atoms with van der Waals surface area (Å²) in [4.78, 5) is 41.2. The van der Waals surface area contributed by atoms with E-state index in [0.717, 1.165) is 6.07 Å². The maximum atomic E-state index is 13.5. The summed E-state index contributed by atoms with van der Waals surface area (Å²) in [5.41, 5.74) is -1.18. The summed E-state index contributed by atoms with van der Waals surface area (Å²) in [6, 6.07) is 3.67. The molecule has 0 bridgehead atoms. The molecule has 1 atom stereocenters. The van der Waals surface area contributed by atoms with Crippen LogP contribution in [0.2, 0.25) is 5.02 Å². The highest BCUT2D eigenvalue weighted by molar-refractivity contribution is 6.39. The number of aliphatic imine (C=N–C) groups is 1. The van der Waals surface area contributed by atoms with E-state index in [-0.39, 0.29) is 28.5 Å². The molecule has 0 spiro atoms. The first-order valence-electron chi connectivity index (χ1n) is 8.57. The van der Waals surface area contributed by atoms with Gasteiger partial charge in [-0.2, -0.15) is 0 Å². The van der Waals surface area contributed by atoms with Crippen LogP contribution in [-0.4, -0.2) is 22.2 Å². The summed E-state index contributed by atoms with van der Waals surface area (Å²) in [6.45, 7) is 0. The fourth-order valence-corrected chi connectivity index (χ4v) is 3.69. The zero-order valence-corrected chi connectivity index (χ0v) is 15.2. The first-order chi connectivity index (χ1) is 13.0. The lowest BCUT2D eigenvalue weighted by atomic mass is 9.65. The van der Waals surface area contributed by atoms with E-state index in [1.54, 1.807) is 36.6 Å². The Bertz CT molecular complexity index is 930. The highest BCUT2D eigenvalue weighted by atomic mass is 35.5. The summed E-state index contributed by atoms with van der Waals surface area (Å²) in [5.74, 6) is -0.664. The number of allylic oxidation sites excluding steroid dienone is 5. The van der Waals surface area contributed by atoms with Crippen molar-refractivity contribution in [3.8, 4) is 0 Å². The van der Waals surface area contributed by atoms with E-state index in [9.17, 15) is 19.7 Å².